The predicted octanol–water partition coefficient (Wildman–Crippen LogP) is 6.94. The number of azo groups is 2. The van der Waals surface area contributed by atoms with Crippen molar-refractivity contribution in [3.8, 4) is 5.75 Å². The van der Waals surface area contributed by atoms with Gasteiger partial charge in [0.1, 0.15) is 31.8 Å². The molecule has 0 heterocycles. The normalized spacial score (nSPS) is 14.2. The van der Waals surface area contributed by atoms with Gasteiger partial charge in [0.2, 0.25) is 5.78 Å². The van der Waals surface area contributed by atoms with Crippen LogP contribution in [0.15, 0.2) is 143 Å². The maximum absolute atomic E-state index is 13.6. The summed E-state index contributed by atoms with van der Waals surface area (Å²) in [6, 6.07) is 23.4. The van der Waals surface area contributed by atoms with Crippen molar-refractivity contribution in [1.29, 1.82) is 0 Å². The van der Waals surface area contributed by atoms with Gasteiger partial charge in [0, 0.05) is 17.3 Å². The van der Waals surface area contributed by atoms with Crippen LogP contribution < -0.4 is 16.5 Å². The van der Waals surface area contributed by atoms with E-state index >= 15 is 0 Å². The Kier molecular flexibility index (Phi) is 10.6. The third kappa shape index (κ3) is 8.98. The highest BCUT2D eigenvalue weighted by Gasteiger charge is 2.35. The molecule has 19 nitrogen and oxygen atoms in total. The second-order valence-electron chi connectivity index (χ2n) is 11.6. The van der Waals surface area contributed by atoms with Crippen molar-refractivity contribution in [2.45, 2.75) is 9.79 Å². The molecule has 0 atom stereocenters. The summed E-state index contributed by atoms with van der Waals surface area (Å²) >= 11 is 0. The minimum Gasteiger partial charge on any atom is -0.508 e. The number of aromatic hydroxyl groups is 1. The van der Waals surface area contributed by atoms with Crippen LogP contribution in [-0.2, 0) is 30.4 Å². The number of nitrogens with two attached hydrogens (primary N) is 1. The smallest absolute Gasteiger partial charge is 0.296 e. The fourth-order valence-electron chi connectivity index (χ4n) is 5.08. The van der Waals surface area contributed by atoms with E-state index in [0.29, 0.717) is 22.7 Å². The molecule has 0 aliphatic heterocycles. The molecule has 5 aromatic rings. The summed E-state index contributed by atoms with van der Waals surface area (Å²) in [6.07, 6.45) is 0.781. The average molecular weight is 819 g/mol. The first-order valence-corrected chi connectivity index (χ1v) is 19.9. The SMILES string of the molecule is Nc1cc(O)ccc1N=Nc1ccc(Nc2ccc(N=Nc3cc4c(cc3S(=O)(=O)O)C=C(S(=O)(=O)O)/C(=N/Nc3ccccc3)C4=O)cc2S(=O)(=O)O)cc1. The lowest BCUT2D eigenvalue weighted by Gasteiger charge is -2.17. The number of ketones is 1. The molecule has 0 amide bonds. The average Bonchev–Trinajstić information content (AvgIpc) is 3.13. The van der Waals surface area contributed by atoms with Crippen molar-refractivity contribution in [1.82, 2.24) is 0 Å². The van der Waals surface area contributed by atoms with Gasteiger partial charge in [-0.3, -0.25) is 23.9 Å². The lowest BCUT2D eigenvalue weighted by atomic mass is 9.94. The predicted molar refractivity (Wildman–Crippen MR) is 204 cm³/mol. The molecule has 1 aliphatic carbocycles. The highest BCUT2D eigenvalue weighted by atomic mass is 32.2. The van der Waals surface area contributed by atoms with Crippen molar-refractivity contribution in [3.63, 3.8) is 0 Å². The van der Waals surface area contributed by atoms with Gasteiger partial charge in [-0.15, -0.1) is 10.2 Å². The number of carbonyl (C=O) groups excluding carboxylic acids is 1. The van der Waals surface area contributed by atoms with Gasteiger partial charge in [0.05, 0.1) is 28.4 Å². The molecule has 0 spiro atoms. The Labute approximate surface area is 317 Å². The molecule has 286 valence electrons. The number of nitrogens with one attached hydrogen (secondary N) is 2. The van der Waals surface area contributed by atoms with Crippen LogP contribution in [0, 0.1) is 0 Å². The first-order valence-electron chi connectivity index (χ1n) is 15.6. The van der Waals surface area contributed by atoms with Crippen molar-refractivity contribution in [2.24, 2.45) is 25.6 Å². The number of hydrazone groups is 1. The van der Waals surface area contributed by atoms with Gasteiger partial charge in [-0.25, -0.2) is 0 Å². The second-order valence-corrected chi connectivity index (χ2v) is 15.8. The van der Waals surface area contributed by atoms with Crippen molar-refractivity contribution in [2.75, 3.05) is 16.5 Å². The van der Waals surface area contributed by atoms with Crippen LogP contribution in [0.3, 0.4) is 0 Å². The summed E-state index contributed by atoms with van der Waals surface area (Å²) in [7, 11) is -15.1. The van der Waals surface area contributed by atoms with Crippen LogP contribution in [0.2, 0.25) is 0 Å². The number of fused-ring (bicyclic) bond motifs is 1. The molecule has 6 rings (SSSR count). The number of benzene rings is 5. The van der Waals surface area contributed by atoms with Crippen molar-refractivity contribution >= 4 is 93.4 Å². The Morgan fingerprint density at radius 3 is 1.89 bits per heavy atom. The Hall–Kier alpha value is -6.69. The van der Waals surface area contributed by atoms with Crippen LogP contribution in [0.5, 0.6) is 5.75 Å². The molecule has 0 radical (unpaired) electrons. The molecule has 8 N–H and O–H groups in total. The number of rotatable bonds is 11. The van der Waals surface area contributed by atoms with E-state index in [0.717, 1.165) is 24.3 Å². The number of allylic oxidation sites excluding steroid dienone is 1. The summed E-state index contributed by atoms with van der Waals surface area (Å²) in [4.78, 5) is 11.0. The van der Waals surface area contributed by atoms with Crippen LogP contribution in [0.25, 0.3) is 6.08 Å². The third-order valence-electron chi connectivity index (χ3n) is 7.68. The number of nitrogens with zero attached hydrogens (tertiary/aromatic N) is 5. The van der Waals surface area contributed by atoms with Gasteiger partial charge in [-0.1, -0.05) is 18.2 Å². The minimum atomic E-state index is -5.12. The third-order valence-corrected chi connectivity index (χ3v) is 10.3. The fourth-order valence-corrected chi connectivity index (χ4v) is 7.05. The van der Waals surface area contributed by atoms with E-state index in [4.69, 9.17) is 5.73 Å². The van der Waals surface area contributed by atoms with E-state index in [-0.39, 0.29) is 33.9 Å². The molecular formula is C34H26N8O11S3. The Morgan fingerprint density at radius 1 is 0.607 bits per heavy atom. The topological polar surface area (TPSA) is 312 Å². The van der Waals surface area contributed by atoms with Gasteiger partial charge < -0.3 is 16.2 Å². The number of phenols is 1. The fraction of sp³-hybridized carbons (Fsp3) is 0. The summed E-state index contributed by atoms with van der Waals surface area (Å²) in [5.74, 6) is -1.12. The number of phenolic OH excluding ortho intramolecular Hbond substituents is 1. The highest BCUT2D eigenvalue weighted by molar-refractivity contribution is 7.91. The van der Waals surface area contributed by atoms with Crippen molar-refractivity contribution < 1.29 is 48.8 Å². The molecule has 56 heavy (non-hydrogen) atoms. The number of anilines is 4. The number of hydrogen-bond acceptors (Lipinski definition) is 16. The first-order chi connectivity index (χ1) is 26.4. The van der Waals surface area contributed by atoms with Crippen LogP contribution >= 0.6 is 0 Å². The summed E-state index contributed by atoms with van der Waals surface area (Å²) in [5.41, 5.74) is 7.54. The quantitative estimate of drug-likeness (QED) is 0.0307. The van der Waals surface area contributed by atoms with E-state index in [2.05, 4.69) is 36.3 Å². The van der Waals surface area contributed by atoms with Crippen LogP contribution in [-0.4, -0.2) is 55.5 Å². The highest BCUT2D eigenvalue weighted by Crippen LogP contribution is 2.36. The zero-order chi connectivity index (χ0) is 40.4. The lowest BCUT2D eigenvalue weighted by Crippen LogP contribution is -2.27. The largest absolute Gasteiger partial charge is 0.508 e. The number of para-hydroxylation sites is 1. The number of hydrogen-bond donors (Lipinski definition) is 7. The van der Waals surface area contributed by atoms with E-state index in [9.17, 15) is 48.8 Å². The Balaban J connectivity index is 1.31. The molecule has 0 saturated carbocycles. The van der Waals surface area contributed by atoms with Gasteiger partial charge in [-0.05, 0) is 90.5 Å². The first kappa shape index (κ1) is 39.0. The standard InChI is InChI=1S/C34H26N8O11S3/c35-26-17-24(43)11-13-27(26)40-37-22-8-6-20(7-9-22)36-28-12-10-23(16-31(28)55(48,49)50)39-41-29-18-25-19(14-30(29)54(45,46)47)15-32(56(51,52)53)33(34(25)44)42-38-21-4-2-1-3-5-21/h1-18,36,38,43H,35H2,(H,45,46,47)(H,48,49,50)(H,51,52,53)/b40-37?,41-39?,42-33-. The number of nitrogen functional groups attached to an aromatic ring is 1. The van der Waals surface area contributed by atoms with Crippen LogP contribution in [0.4, 0.5) is 45.5 Å². The van der Waals surface area contributed by atoms with Gasteiger partial charge in [0.15, 0.2) is 5.71 Å². The molecule has 1 aliphatic rings. The molecule has 5 aromatic carbocycles. The second kappa shape index (κ2) is 15.2. The number of carbonyl (C=O) groups is 1. The zero-order valence-electron chi connectivity index (χ0n) is 28.1. The zero-order valence-corrected chi connectivity index (χ0v) is 30.5. The maximum Gasteiger partial charge on any atom is 0.296 e. The van der Waals surface area contributed by atoms with E-state index in [1.165, 1.54) is 42.5 Å². The summed E-state index contributed by atoms with van der Waals surface area (Å²) < 4.78 is 104. The molecular weight excluding hydrogens is 793 g/mol. The van der Waals surface area contributed by atoms with Crippen molar-refractivity contribution in [3.05, 3.63) is 119 Å². The van der Waals surface area contributed by atoms with E-state index in [1.54, 1.807) is 42.5 Å². The van der Waals surface area contributed by atoms with Crippen LogP contribution in [0.1, 0.15) is 15.9 Å². The molecule has 22 heteroatoms. The molecule has 0 saturated heterocycles. The Morgan fingerprint density at radius 2 is 1.25 bits per heavy atom. The van der Waals surface area contributed by atoms with Gasteiger partial charge >= 0.3 is 0 Å². The van der Waals surface area contributed by atoms with Gasteiger partial charge in [0.25, 0.3) is 30.4 Å². The molecule has 0 fully saturated rings. The van der Waals surface area contributed by atoms with E-state index < -0.39 is 62.2 Å². The summed E-state index contributed by atoms with van der Waals surface area (Å²) in [6.45, 7) is 0. The Bertz CT molecular complexity index is 2860. The maximum atomic E-state index is 13.6. The number of Topliss-reactive ketones (excluding diaryl/α,β-unsaturated/α-hetero) is 1. The molecule has 0 unspecified atom stereocenters. The summed E-state index contributed by atoms with van der Waals surface area (Å²) in [5, 5.41) is 32.0. The monoisotopic (exact) mass is 818 g/mol. The molecule has 0 bridgehead atoms. The minimum absolute atomic E-state index is 0.0347. The van der Waals surface area contributed by atoms with E-state index in [1.807, 2.05) is 0 Å². The molecule has 0 aromatic heterocycles. The lowest BCUT2D eigenvalue weighted by molar-refractivity contribution is 0.106. The van der Waals surface area contributed by atoms with Gasteiger partial charge in [-0.2, -0.15) is 40.6 Å².